The van der Waals surface area contributed by atoms with Crippen LogP contribution in [0.4, 0.5) is 5.95 Å². The maximum Gasteiger partial charge on any atom is 0.225 e. The molecule has 0 spiro atoms. The Balaban J connectivity index is 1.28. The molecule has 0 N–H and O–H groups in total. The number of carbonyl (C=O) groups is 1. The summed E-state index contributed by atoms with van der Waals surface area (Å²) in [7, 11) is 4.40. The number of hydrogen-bond donors (Lipinski definition) is 0. The monoisotopic (exact) mass is 385 g/mol. The van der Waals surface area contributed by atoms with Gasteiger partial charge in [0.15, 0.2) is 0 Å². The molecule has 0 aromatic carbocycles. The second-order valence-electron chi connectivity index (χ2n) is 9.43. The number of hydrogen-bond acceptors (Lipinski definition) is 6. The molecule has 2 atom stereocenters. The summed E-state index contributed by atoms with van der Waals surface area (Å²) in [6.07, 6.45) is 11.0. The molecule has 0 amide bonds. The normalized spacial score (nSPS) is 30.8. The van der Waals surface area contributed by atoms with Gasteiger partial charge in [-0.15, -0.1) is 0 Å². The minimum absolute atomic E-state index is 0.312. The lowest BCUT2D eigenvalue weighted by Gasteiger charge is -2.39. The van der Waals surface area contributed by atoms with E-state index < -0.39 is 0 Å². The van der Waals surface area contributed by atoms with Crippen molar-refractivity contribution in [1.82, 2.24) is 19.8 Å². The van der Waals surface area contributed by atoms with Gasteiger partial charge in [0.25, 0.3) is 0 Å². The van der Waals surface area contributed by atoms with Crippen LogP contribution in [-0.2, 0) is 11.3 Å². The Kier molecular flexibility index (Phi) is 5.97. The summed E-state index contributed by atoms with van der Waals surface area (Å²) in [6.45, 7) is 5.97. The first-order valence-electron chi connectivity index (χ1n) is 11.0. The number of nitrogens with zero attached hydrogens (tertiary/aromatic N) is 5. The van der Waals surface area contributed by atoms with E-state index in [0.29, 0.717) is 29.7 Å². The number of fused-ring (bicyclic) bond motifs is 2. The zero-order valence-corrected chi connectivity index (χ0v) is 17.7. The molecule has 0 radical (unpaired) electrons. The van der Waals surface area contributed by atoms with Crippen molar-refractivity contribution >= 4 is 11.7 Å². The first-order chi connectivity index (χ1) is 13.5. The summed E-state index contributed by atoms with van der Waals surface area (Å²) in [5, 5.41) is 0. The summed E-state index contributed by atoms with van der Waals surface area (Å²) in [5.41, 5.74) is 1.19. The van der Waals surface area contributed by atoms with Crippen LogP contribution in [0.3, 0.4) is 0 Å². The maximum absolute atomic E-state index is 11.5. The van der Waals surface area contributed by atoms with Gasteiger partial charge < -0.3 is 14.7 Å². The first kappa shape index (κ1) is 19.8. The Morgan fingerprint density at radius 1 is 1.07 bits per heavy atom. The SMILES string of the molecule is CC(=O)C1CCC(CN(C)Cc2cnc(N3C4CCC3CN(C)C4)nc2)CC1. The Morgan fingerprint density at radius 2 is 1.68 bits per heavy atom. The second kappa shape index (κ2) is 8.46. The van der Waals surface area contributed by atoms with Gasteiger partial charge in [0.05, 0.1) is 0 Å². The van der Waals surface area contributed by atoms with E-state index in [9.17, 15) is 4.79 Å². The van der Waals surface area contributed by atoms with Crippen molar-refractivity contribution < 1.29 is 4.79 Å². The van der Waals surface area contributed by atoms with Crippen LogP contribution in [0.5, 0.6) is 0 Å². The number of Topliss-reactive ketones (excluding diaryl/α,β-unsaturated/α-hetero) is 1. The van der Waals surface area contributed by atoms with E-state index in [-0.39, 0.29) is 0 Å². The van der Waals surface area contributed by atoms with E-state index in [1.807, 2.05) is 12.4 Å². The minimum Gasteiger partial charge on any atom is -0.332 e. The van der Waals surface area contributed by atoms with Crippen molar-refractivity contribution in [2.75, 3.05) is 38.6 Å². The number of piperazine rings is 1. The van der Waals surface area contributed by atoms with Crippen LogP contribution >= 0.6 is 0 Å². The molecule has 6 nitrogen and oxygen atoms in total. The van der Waals surface area contributed by atoms with Crippen LogP contribution in [0.2, 0.25) is 0 Å². The summed E-state index contributed by atoms with van der Waals surface area (Å²) >= 11 is 0. The lowest BCUT2D eigenvalue weighted by molar-refractivity contribution is -0.121. The molecule has 1 saturated carbocycles. The third-order valence-corrected chi connectivity index (χ3v) is 7.03. The molecule has 6 heteroatoms. The zero-order chi connectivity index (χ0) is 19.7. The number of ketones is 1. The molecule has 1 aliphatic carbocycles. The standard InChI is InChI=1S/C22H35N5O/c1-16(28)19-6-4-17(5-7-19)12-25(2)13-18-10-23-22(24-11-18)27-20-8-9-21(27)15-26(3)14-20/h10-11,17,19-21H,4-9,12-15H2,1-3H3. The average molecular weight is 386 g/mol. The highest BCUT2D eigenvalue weighted by Crippen LogP contribution is 2.32. The van der Waals surface area contributed by atoms with Gasteiger partial charge in [0.2, 0.25) is 5.95 Å². The Hall–Kier alpha value is -1.53. The number of carbonyl (C=O) groups excluding carboxylic acids is 1. The van der Waals surface area contributed by atoms with Crippen molar-refractivity contribution in [2.45, 2.75) is 64.1 Å². The van der Waals surface area contributed by atoms with E-state index in [1.165, 1.54) is 31.2 Å². The van der Waals surface area contributed by atoms with E-state index in [2.05, 4.69) is 28.8 Å². The quantitative estimate of drug-likeness (QED) is 0.750. The highest BCUT2D eigenvalue weighted by atomic mass is 16.1. The maximum atomic E-state index is 11.5. The predicted octanol–water partition coefficient (Wildman–Crippen LogP) is 2.59. The average Bonchev–Trinajstić information content (AvgIpc) is 2.94. The molecule has 3 aliphatic rings. The fourth-order valence-corrected chi connectivity index (χ4v) is 5.57. The number of likely N-dealkylation sites (tertiary alicyclic amines) is 1. The molecule has 3 heterocycles. The Morgan fingerprint density at radius 3 is 2.25 bits per heavy atom. The van der Waals surface area contributed by atoms with Crippen molar-refractivity contribution in [3.63, 3.8) is 0 Å². The zero-order valence-electron chi connectivity index (χ0n) is 17.7. The largest absolute Gasteiger partial charge is 0.332 e. The summed E-state index contributed by atoms with van der Waals surface area (Å²) in [5.74, 6) is 2.31. The molecule has 154 valence electrons. The third-order valence-electron chi connectivity index (χ3n) is 7.03. The molecule has 2 unspecified atom stereocenters. The van der Waals surface area contributed by atoms with Crippen LogP contribution in [-0.4, -0.2) is 71.4 Å². The van der Waals surface area contributed by atoms with Crippen molar-refractivity contribution in [1.29, 1.82) is 0 Å². The highest BCUT2D eigenvalue weighted by Gasteiger charge is 2.40. The molecule has 3 fully saturated rings. The van der Waals surface area contributed by atoms with Gasteiger partial charge in [-0.2, -0.15) is 0 Å². The number of anilines is 1. The molecule has 2 saturated heterocycles. The van der Waals surface area contributed by atoms with Gasteiger partial charge in [0, 0.05) is 62.1 Å². The molecule has 1 aromatic heterocycles. The van der Waals surface area contributed by atoms with E-state index in [1.54, 1.807) is 6.92 Å². The van der Waals surface area contributed by atoms with E-state index in [4.69, 9.17) is 9.97 Å². The fourth-order valence-electron chi connectivity index (χ4n) is 5.57. The van der Waals surface area contributed by atoms with Crippen molar-refractivity contribution in [3.8, 4) is 0 Å². The number of likely N-dealkylation sites (N-methyl/N-ethyl adjacent to an activating group) is 1. The summed E-state index contributed by atoms with van der Waals surface area (Å²) in [4.78, 5) is 28.3. The molecule has 2 aliphatic heterocycles. The summed E-state index contributed by atoms with van der Waals surface area (Å²) in [6, 6.07) is 1.14. The van der Waals surface area contributed by atoms with Crippen molar-refractivity contribution in [2.24, 2.45) is 11.8 Å². The highest BCUT2D eigenvalue weighted by molar-refractivity contribution is 5.78. The van der Waals surface area contributed by atoms with Crippen LogP contribution in [0, 0.1) is 11.8 Å². The molecule has 2 bridgehead atoms. The van der Waals surface area contributed by atoms with E-state index >= 15 is 0 Å². The number of aromatic nitrogens is 2. The summed E-state index contributed by atoms with van der Waals surface area (Å²) < 4.78 is 0. The fraction of sp³-hybridized carbons (Fsp3) is 0.773. The Labute approximate surface area is 169 Å². The minimum atomic E-state index is 0.312. The van der Waals surface area contributed by atoms with Crippen LogP contribution in [0.1, 0.15) is 51.0 Å². The van der Waals surface area contributed by atoms with Gasteiger partial charge in [-0.3, -0.25) is 4.79 Å². The van der Waals surface area contributed by atoms with Gasteiger partial charge in [-0.25, -0.2) is 9.97 Å². The third kappa shape index (κ3) is 4.38. The molecule has 4 rings (SSSR count). The van der Waals surface area contributed by atoms with Gasteiger partial charge in [-0.1, -0.05) is 0 Å². The smallest absolute Gasteiger partial charge is 0.225 e. The molecule has 28 heavy (non-hydrogen) atoms. The van der Waals surface area contributed by atoms with Crippen molar-refractivity contribution in [3.05, 3.63) is 18.0 Å². The van der Waals surface area contributed by atoms with Crippen LogP contribution in [0.25, 0.3) is 0 Å². The Bertz CT molecular complexity index is 656. The number of rotatable bonds is 6. The van der Waals surface area contributed by atoms with E-state index in [0.717, 1.165) is 45.0 Å². The lowest BCUT2D eigenvalue weighted by Crippen LogP contribution is -2.53. The predicted molar refractivity (Wildman–Crippen MR) is 111 cm³/mol. The van der Waals surface area contributed by atoms with Gasteiger partial charge in [-0.05, 0) is 65.5 Å². The van der Waals surface area contributed by atoms with Crippen LogP contribution in [0.15, 0.2) is 12.4 Å². The molecular formula is C22H35N5O. The first-order valence-corrected chi connectivity index (χ1v) is 11.0. The topological polar surface area (TPSA) is 52.6 Å². The molecular weight excluding hydrogens is 350 g/mol. The van der Waals surface area contributed by atoms with Crippen LogP contribution < -0.4 is 4.90 Å². The van der Waals surface area contributed by atoms with Gasteiger partial charge in [0.1, 0.15) is 5.78 Å². The second-order valence-corrected chi connectivity index (χ2v) is 9.43. The molecule has 1 aromatic rings. The lowest BCUT2D eigenvalue weighted by atomic mass is 9.80. The van der Waals surface area contributed by atoms with Gasteiger partial charge >= 0.3 is 0 Å².